The number of amides is 1. The molecule has 0 aromatic heterocycles. The third-order valence-corrected chi connectivity index (χ3v) is 6.38. The number of benzene rings is 3. The molecule has 1 aliphatic rings. The zero-order valence-corrected chi connectivity index (χ0v) is 18.2. The van der Waals surface area contributed by atoms with E-state index < -0.39 is 16.1 Å². The smallest absolute Gasteiger partial charge is 0.263 e. The van der Waals surface area contributed by atoms with E-state index in [0.717, 1.165) is 22.9 Å². The van der Waals surface area contributed by atoms with E-state index in [1.807, 2.05) is 73.7 Å². The Morgan fingerprint density at radius 3 is 2.13 bits per heavy atom. The fraction of sp³-hybridized carbons (Fsp3) is 0.208. The van der Waals surface area contributed by atoms with Crippen molar-refractivity contribution in [3.63, 3.8) is 0 Å². The van der Waals surface area contributed by atoms with E-state index in [1.165, 1.54) is 4.31 Å². The van der Waals surface area contributed by atoms with Crippen LogP contribution in [0.15, 0.2) is 78.9 Å². The topological polar surface area (TPSA) is 75.7 Å². The van der Waals surface area contributed by atoms with Gasteiger partial charge in [0.15, 0.2) is 6.10 Å². The number of anilines is 1. The molecule has 0 fully saturated rings. The van der Waals surface area contributed by atoms with Crippen LogP contribution in [0.3, 0.4) is 0 Å². The summed E-state index contributed by atoms with van der Waals surface area (Å²) >= 11 is 0. The Labute approximate surface area is 182 Å². The lowest BCUT2D eigenvalue weighted by atomic mass is 9.98. The Hall–Kier alpha value is -3.32. The van der Waals surface area contributed by atoms with Gasteiger partial charge in [0.05, 0.1) is 24.5 Å². The number of rotatable bonds is 5. The number of nitrogens with zero attached hydrogens (tertiary/aromatic N) is 1. The van der Waals surface area contributed by atoms with Crippen molar-refractivity contribution in [2.24, 2.45) is 0 Å². The molecule has 1 amide bonds. The molecule has 0 spiro atoms. The first-order valence-electron chi connectivity index (χ1n) is 9.98. The average Bonchev–Trinajstić information content (AvgIpc) is 2.77. The summed E-state index contributed by atoms with van der Waals surface area (Å²) in [7, 11) is -3.58. The summed E-state index contributed by atoms with van der Waals surface area (Å²) in [6, 6.07) is 24.2. The summed E-state index contributed by atoms with van der Waals surface area (Å²) in [6.07, 6.45) is 0.163. The molecule has 4 rings (SSSR count). The number of aryl methyl sites for hydroxylation is 1. The molecule has 7 heteroatoms. The van der Waals surface area contributed by atoms with E-state index in [2.05, 4.69) is 5.32 Å². The normalized spacial score (nSPS) is 15.8. The first kappa shape index (κ1) is 20.9. The summed E-state index contributed by atoms with van der Waals surface area (Å²) in [6.45, 7) is 1.79. The third-order valence-electron chi connectivity index (χ3n) is 5.23. The molecular formula is C24H24N2O4S. The van der Waals surface area contributed by atoms with Gasteiger partial charge >= 0.3 is 0 Å². The van der Waals surface area contributed by atoms with Gasteiger partial charge in [0.1, 0.15) is 5.75 Å². The largest absolute Gasteiger partial charge is 0.476 e. The fourth-order valence-electron chi connectivity index (χ4n) is 3.70. The molecule has 0 radical (unpaired) electrons. The highest BCUT2D eigenvalue weighted by atomic mass is 32.2. The van der Waals surface area contributed by atoms with Crippen LogP contribution >= 0.6 is 0 Å². The number of hydrogen-bond donors (Lipinski definition) is 1. The molecule has 0 bridgehead atoms. The molecule has 6 nitrogen and oxygen atoms in total. The van der Waals surface area contributed by atoms with E-state index in [1.54, 1.807) is 12.1 Å². The van der Waals surface area contributed by atoms with Crippen molar-refractivity contribution in [1.82, 2.24) is 5.32 Å². The molecule has 1 heterocycles. The van der Waals surface area contributed by atoms with Crippen LogP contribution in [0.4, 0.5) is 5.69 Å². The lowest BCUT2D eigenvalue weighted by Gasteiger charge is -2.35. The van der Waals surface area contributed by atoms with E-state index >= 15 is 0 Å². The zero-order chi connectivity index (χ0) is 22.0. The first-order chi connectivity index (χ1) is 14.8. The van der Waals surface area contributed by atoms with E-state index in [9.17, 15) is 13.2 Å². The summed E-state index contributed by atoms with van der Waals surface area (Å²) in [4.78, 5) is 13.2. The quantitative estimate of drug-likeness (QED) is 0.665. The number of ether oxygens (including phenoxy) is 1. The Bertz CT molecular complexity index is 1140. The predicted molar refractivity (Wildman–Crippen MR) is 121 cm³/mol. The summed E-state index contributed by atoms with van der Waals surface area (Å²) in [5, 5.41) is 3.05. The summed E-state index contributed by atoms with van der Waals surface area (Å²) < 4.78 is 32.0. The van der Waals surface area contributed by atoms with Crippen LogP contribution in [-0.4, -0.2) is 33.2 Å². The van der Waals surface area contributed by atoms with Gasteiger partial charge in [-0.05, 0) is 35.7 Å². The minimum absolute atomic E-state index is 0.0859. The number of nitrogens with one attached hydrogen (secondary N) is 1. The van der Waals surface area contributed by atoms with Crippen LogP contribution in [0.5, 0.6) is 5.75 Å². The SMILES string of the molecule is Cc1ccc2c(c1)N(S(C)(=O)=O)C[C@@H](C(=O)NC(c1ccccc1)c1ccccc1)O2. The number of sulfonamides is 1. The van der Waals surface area contributed by atoms with Gasteiger partial charge in [0, 0.05) is 0 Å². The minimum atomic E-state index is -3.58. The maximum atomic E-state index is 13.2. The van der Waals surface area contributed by atoms with Crippen LogP contribution in [-0.2, 0) is 14.8 Å². The molecule has 1 N–H and O–H groups in total. The van der Waals surface area contributed by atoms with Gasteiger partial charge in [-0.25, -0.2) is 8.42 Å². The van der Waals surface area contributed by atoms with Crippen LogP contribution in [0.25, 0.3) is 0 Å². The molecule has 0 aliphatic carbocycles. The van der Waals surface area contributed by atoms with Gasteiger partial charge in [-0.15, -0.1) is 0 Å². The third kappa shape index (κ3) is 4.56. The van der Waals surface area contributed by atoms with Crippen molar-refractivity contribution < 1.29 is 17.9 Å². The standard InChI is InChI=1S/C24H24N2O4S/c1-17-13-14-21-20(15-17)26(31(2,28)29)16-22(30-21)24(27)25-23(18-9-5-3-6-10-18)19-11-7-4-8-12-19/h3-15,22-23H,16H2,1-2H3,(H,25,27)/t22-/m0/s1. The minimum Gasteiger partial charge on any atom is -0.476 e. The maximum absolute atomic E-state index is 13.2. The highest BCUT2D eigenvalue weighted by Crippen LogP contribution is 2.36. The predicted octanol–water partition coefficient (Wildman–Crippen LogP) is 3.43. The first-order valence-corrected chi connectivity index (χ1v) is 11.8. The fourth-order valence-corrected chi connectivity index (χ4v) is 4.60. The van der Waals surface area contributed by atoms with Gasteiger partial charge in [-0.3, -0.25) is 9.10 Å². The molecule has 31 heavy (non-hydrogen) atoms. The number of carbonyl (C=O) groups is 1. The molecule has 0 saturated carbocycles. The zero-order valence-electron chi connectivity index (χ0n) is 17.4. The van der Waals surface area contributed by atoms with Crippen molar-refractivity contribution in [1.29, 1.82) is 0 Å². The highest BCUT2D eigenvalue weighted by molar-refractivity contribution is 7.92. The van der Waals surface area contributed by atoms with Gasteiger partial charge in [-0.1, -0.05) is 66.7 Å². The molecule has 3 aromatic carbocycles. The maximum Gasteiger partial charge on any atom is 0.263 e. The Morgan fingerprint density at radius 2 is 1.58 bits per heavy atom. The van der Waals surface area contributed by atoms with Crippen molar-refractivity contribution in [2.45, 2.75) is 19.1 Å². The van der Waals surface area contributed by atoms with Crippen LogP contribution in [0, 0.1) is 6.92 Å². The molecule has 3 aromatic rings. The number of hydrogen-bond acceptors (Lipinski definition) is 4. The van der Waals surface area contributed by atoms with Crippen molar-refractivity contribution >= 4 is 21.6 Å². The second kappa shape index (κ2) is 8.43. The summed E-state index contributed by atoms with van der Waals surface area (Å²) in [5.74, 6) is -0.00372. The Morgan fingerprint density at radius 1 is 1.00 bits per heavy atom. The number of fused-ring (bicyclic) bond motifs is 1. The van der Waals surface area contributed by atoms with E-state index in [4.69, 9.17) is 4.74 Å². The Balaban J connectivity index is 1.64. The van der Waals surface area contributed by atoms with Gasteiger partial charge in [0.2, 0.25) is 10.0 Å². The molecule has 1 atom stereocenters. The van der Waals surface area contributed by atoms with Crippen molar-refractivity contribution in [3.05, 3.63) is 95.6 Å². The van der Waals surface area contributed by atoms with Crippen LogP contribution in [0.2, 0.25) is 0 Å². The Kier molecular flexibility index (Phi) is 5.69. The molecular weight excluding hydrogens is 412 g/mol. The van der Waals surface area contributed by atoms with Crippen molar-refractivity contribution in [2.75, 3.05) is 17.1 Å². The van der Waals surface area contributed by atoms with Crippen LogP contribution < -0.4 is 14.4 Å². The second-order valence-corrected chi connectivity index (χ2v) is 9.54. The van der Waals surface area contributed by atoms with Crippen molar-refractivity contribution in [3.8, 4) is 5.75 Å². The molecule has 0 saturated heterocycles. The van der Waals surface area contributed by atoms with E-state index in [0.29, 0.717) is 11.4 Å². The van der Waals surface area contributed by atoms with Gasteiger partial charge in [-0.2, -0.15) is 0 Å². The highest BCUT2D eigenvalue weighted by Gasteiger charge is 2.36. The number of carbonyl (C=O) groups excluding carboxylic acids is 1. The van der Waals surface area contributed by atoms with E-state index in [-0.39, 0.29) is 18.5 Å². The lowest BCUT2D eigenvalue weighted by Crippen LogP contribution is -2.51. The molecule has 160 valence electrons. The van der Waals surface area contributed by atoms with Gasteiger partial charge < -0.3 is 10.1 Å². The molecule has 1 aliphatic heterocycles. The molecule has 0 unspecified atom stereocenters. The monoisotopic (exact) mass is 436 g/mol. The summed E-state index contributed by atoms with van der Waals surface area (Å²) in [5.41, 5.74) is 3.21. The average molecular weight is 437 g/mol. The van der Waals surface area contributed by atoms with Gasteiger partial charge in [0.25, 0.3) is 5.91 Å². The second-order valence-electron chi connectivity index (χ2n) is 7.63. The van der Waals surface area contributed by atoms with Crippen LogP contribution in [0.1, 0.15) is 22.7 Å². The lowest BCUT2D eigenvalue weighted by molar-refractivity contribution is -0.128.